The van der Waals surface area contributed by atoms with Gasteiger partial charge in [0.25, 0.3) is 0 Å². The van der Waals surface area contributed by atoms with Crippen LogP contribution in [0.2, 0.25) is 0 Å². The molecule has 0 radical (unpaired) electrons. The van der Waals surface area contributed by atoms with E-state index in [0.717, 1.165) is 29.5 Å². The highest BCUT2D eigenvalue weighted by Crippen LogP contribution is 2.50. The van der Waals surface area contributed by atoms with Crippen LogP contribution >= 0.6 is 0 Å². The second kappa shape index (κ2) is 7.19. The van der Waals surface area contributed by atoms with Gasteiger partial charge < -0.3 is 5.21 Å². The van der Waals surface area contributed by atoms with Crippen molar-refractivity contribution in [3.05, 3.63) is 58.1 Å². The molecule has 0 unspecified atom stereocenters. The number of benzene rings is 2. The molecule has 29 heavy (non-hydrogen) atoms. The van der Waals surface area contributed by atoms with Crippen molar-refractivity contribution in [2.75, 3.05) is 0 Å². The predicted octanol–water partition coefficient (Wildman–Crippen LogP) is 7.09. The summed E-state index contributed by atoms with van der Waals surface area (Å²) in [4.78, 5) is 0. The van der Waals surface area contributed by atoms with Crippen molar-refractivity contribution in [3.63, 3.8) is 0 Å². The molecule has 156 valence electrons. The summed E-state index contributed by atoms with van der Waals surface area (Å²) in [6.07, 6.45) is -0.840. The number of nitrogens with zero attached hydrogens (tertiary/aromatic N) is 1. The van der Waals surface area contributed by atoms with E-state index >= 15 is 0 Å². The maximum absolute atomic E-state index is 14.2. The predicted molar refractivity (Wildman–Crippen MR) is 111 cm³/mol. The van der Waals surface area contributed by atoms with Gasteiger partial charge in [-0.25, -0.2) is 0 Å². The van der Waals surface area contributed by atoms with E-state index in [1.165, 1.54) is 12.3 Å². The van der Waals surface area contributed by atoms with Crippen molar-refractivity contribution in [1.29, 1.82) is 0 Å². The van der Waals surface area contributed by atoms with Gasteiger partial charge in [-0.3, -0.25) is 0 Å². The number of rotatable bonds is 3. The van der Waals surface area contributed by atoms with Gasteiger partial charge in [-0.15, -0.1) is 0 Å². The summed E-state index contributed by atoms with van der Waals surface area (Å²) >= 11 is 0. The molecular formula is C24H28F3NO. The fourth-order valence-electron chi connectivity index (χ4n) is 4.37. The molecule has 0 aliphatic heterocycles. The van der Waals surface area contributed by atoms with Gasteiger partial charge in [0.15, 0.2) is 0 Å². The first-order valence-corrected chi connectivity index (χ1v) is 9.97. The fourth-order valence-corrected chi connectivity index (χ4v) is 4.37. The van der Waals surface area contributed by atoms with Crippen molar-refractivity contribution >= 4 is 6.21 Å². The topological polar surface area (TPSA) is 32.6 Å². The molecular weight excluding hydrogens is 375 g/mol. The average molecular weight is 403 g/mol. The number of hydrogen-bond donors (Lipinski definition) is 1. The average Bonchev–Trinajstić information content (AvgIpc) is 2.64. The number of hydrogen-bond acceptors (Lipinski definition) is 2. The zero-order valence-electron chi connectivity index (χ0n) is 17.6. The zero-order valence-corrected chi connectivity index (χ0v) is 17.6. The molecule has 0 amide bonds. The Morgan fingerprint density at radius 3 is 2.07 bits per heavy atom. The molecule has 5 heteroatoms. The van der Waals surface area contributed by atoms with Crippen LogP contribution in [0.1, 0.15) is 75.3 Å². The molecule has 2 aromatic carbocycles. The molecule has 0 fully saturated rings. The van der Waals surface area contributed by atoms with Gasteiger partial charge in [0.2, 0.25) is 0 Å². The molecule has 1 N–H and O–H groups in total. The first-order chi connectivity index (χ1) is 13.4. The normalized spacial score (nSPS) is 18.1. The van der Waals surface area contributed by atoms with E-state index in [2.05, 4.69) is 19.0 Å². The summed E-state index contributed by atoms with van der Waals surface area (Å²) in [5.74, 6) is 0. The van der Waals surface area contributed by atoms with Crippen LogP contribution in [-0.2, 0) is 23.4 Å². The lowest BCUT2D eigenvalue weighted by atomic mass is 9.62. The maximum atomic E-state index is 14.2. The minimum Gasteiger partial charge on any atom is -0.411 e. The molecule has 1 aliphatic carbocycles. The molecule has 0 heterocycles. The van der Waals surface area contributed by atoms with Gasteiger partial charge >= 0.3 is 6.18 Å². The lowest BCUT2D eigenvalue weighted by Crippen LogP contribution is -2.34. The van der Waals surface area contributed by atoms with E-state index in [1.54, 1.807) is 24.3 Å². The molecule has 0 spiro atoms. The Morgan fingerprint density at radius 2 is 1.55 bits per heavy atom. The summed E-state index contributed by atoms with van der Waals surface area (Å²) in [6.45, 7) is 10.2. The summed E-state index contributed by atoms with van der Waals surface area (Å²) in [5, 5.41) is 11.9. The molecule has 0 saturated heterocycles. The van der Waals surface area contributed by atoms with Gasteiger partial charge in [-0.2, -0.15) is 13.2 Å². The monoisotopic (exact) mass is 403 g/mol. The van der Waals surface area contributed by atoms with Gasteiger partial charge in [-0.05, 0) is 81.7 Å². The van der Waals surface area contributed by atoms with Crippen LogP contribution in [0.5, 0.6) is 0 Å². The highest BCUT2D eigenvalue weighted by atomic mass is 19.4. The van der Waals surface area contributed by atoms with Gasteiger partial charge in [0, 0.05) is 0 Å². The minimum absolute atomic E-state index is 0.194. The fraction of sp³-hybridized carbons (Fsp3) is 0.458. The molecule has 3 rings (SSSR count). The van der Waals surface area contributed by atoms with Crippen LogP contribution in [0, 0.1) is 0 Å². The van der Waals surface area contributed by atoms with Gasteiger partial charge in [0.05, 0.1) is 11.8 Å². The smallest absolute Gasteiger partial charge is 0.411 e. The van der Waals surface area contributed by atoms with E-state index in [0.29, 0.717) is 17.5 Å². The molecule has 0 aromatic heterocycles. The van der Waals surface area contributed by atoms with E-state index < -0.39 is 11.7 Å². The van der Waals surface area contributed by atoms with Crippen LogP contribution in [0.3, 0.4) is 0 Å². The Morgan fingerprint density at radius 1 is 0.966 bits per heavy atom. The van der Waals surface area contributed by atoms with Crippen LogP contribution in [0.15, 0.2) is 35.5 Å². The largest absolute Gasteiger partial charge is 0.417 e. The van der Waals surface area contributed by atoms with Gasteiger partial charge in [0.1, 0.15) is 0 Å². The first kappa shape index (κ1) is 21.4. The minimum atomic E-state index is -4.46. The second-order valence-electron chi connectivity index (χ2n) is 9.22. The molecule has 0 saturated carbocycles. The van der Waals surface area contributed by atoms with Crippen molar-refractivity contribution in [1.82, 2.24) is 0 Å². The summed E-state index contributed by atoms with van der Waals surface area (Å²) in [6, 6.07) is 8.36. The lowest BCUT2D eigenvalue weighted by Gasteiger charge is -2.42. The number of aryl methyl sites for hydroxylation is 1. The summed E-state index contributed by atoms with van der Waals surface area (Å²) < 4.78 is 42.5. The van der Waals surface area contributed by atoms with Crippen molar-refractivity contribution in [3.8, 4) is 11.1 Å². The van der Waals surface area contributed by atoms with E-state index in [4.69, 9.17) is 5.21 Å². The highest BCUT2D eigenvalue weighted by Gasteiger charge is 2.42. The van der Waals surface area contributed by atoms with Crippen molar-refractivity contribution < 1.29 is 18.4 Å². The highest BCUT2D eigenvalue weighted by molar-refractivity contribution is 5.84. The Hall–Kier alpha value is -2.30. The summed E-state index contributed by atoms with van der Waals surface area (Å²) in [7, 11) is 0. The number of fused-ring (bicyclic) bond motifs is 1. The van der Waals surface area contributed by atoms with Crippen LogP contribution in [-0.4, -0.2) is 11.4 Å². The Kier molecular flexibility index (Phi) is 5.31. The second-order valence-corrected chi connectivity index (χ2v) is 9.22. The SMILES string of the molecule is CCc1ccc(/C=N/O)cc1-c1cc2c(cc1C(F)(F)F)C(C)(C)CCC2(C)C. The van der Waals surface area contributed by atoms with Crippen LogP contribution in [0.4, 0.5) is 13.2 Å². The van der Waals surface area contributed by atoms with E-state index in [9.17, 15) is 13.2 Å². The number of halogens is 3. The maximum Gasteiger partial charge on any atom is 0.417 e. The Balaban J connectivity index is 2.40. The molecule has 0 bridgehead atoms. The molecule has 2 aromatic rings. The summed E-state index contributed by atoms with van der Waals surface area (Å²) in [5.41, 5.74) is 2.81. The third kappa shape index (κ3) is 3.92. The standard InChI is InChI=1S/C24H28F3NO/c1-6-16-8-7-15(14-28-29)11-17(16)18-12-20-21(13-19(18)24(25,26)27)23(4,5)10-9-22(20,2)3/h7-8,11-14,29H,6,9-10H2,1-5H3/b28-14+. The first-order valence-electron chi connectivity index (χ1n) is 9.97. The molecule has 2 nitrogen and oxygen atoms in total. The third-order valence-corrected chi connectivity index (χ3v) is 6.31. The number of oxime groups is 1. The van der Waals surface area contributed by atoms with Crippen LogP contribution in [0.25, 0.3) is 11.1 Å². The Bertz CT molecular complexity index is 955. The molecule has 0 atom stereocenters. The van der Waals surface area contributed by atoms with E-state index in [1.807, 2.05) is 20.8 Å². The van der Waals surface area contributed by atoms with Crippen molar-refractivity contribution in [2.24, 2.45) is 5.16 Å². The van der Waals surface area contributed by atoms with Gasteiger partial charge in [-0.1, -0.05) is 51.9 Å². The molecule has 1 aliphatic rings. The quantitative estimate of drug-likeness (QED) is 0.331. The third-order valence-electron chi connectivity index (χ3n) is 6.31. The van der Waals surface area contributed by atoms with Crippen LogP contribution < -0.4 is 0 Å². The Labute approximate surface area is 170 Å². The lowest BCUT2D eigenvalue weighted by molar-refractivity contribution is -0.137. The van der Waals surface area contributed by atoms with E-state index in [-0.39, 0.29) is 16.4 Å². The number of alkyl halides is 3. The van der Waals surface area contributed by atoms with Crippen molar-refractivity contribution in [2.45, 2.75) is 70.9 Å². The zero-order chi connectivity index (χ0) is 21.6.